The van der Waals surface area contributed by atoms with E-state index in [0.717, 1.165) is 17.0 Å². The Morgan fingerprint density at radius 2 is 2.09 bits per heavy atom. The van der Waals surface area contributed by atoms with E-state index < -0.39 is 5.97 Å². The van der Waals surface area contributed by atoms with Crippen LogP contribution in [0.4, 0.5) is 5.69 Å². The molecule has 6 nitrogen and oxygen atoms in total. The molecule has 1 fully saturated rings. The Bertz CT molecular complexity index is 649. The fourth-order valence-corrected chi connectivity index (χ4v) is 4.07. The van der Waals surface area contributed by atoms with Crippen LogP contribution in [0.3, 0.4) is 0 Å². The van der Waals surface area contributed by atoms with Crippen molar-refractivity contribution in [2.24, 2.45) is 0 Å². The first-order valence-electron chi connectivity index (χ1n) is 7.59. The number of benzene rings is 1. The third kappa shape index (κ3) is 3.34. The van der Waals surface area contributed by atoms with Gasteiger partial charge in [-0.3, -0.25) is 14.4 Å². The van der Waals surface area contributed by atoms with Crippen molar-refractivity contribution in [1.82, 2.24) is 4.90 Å². The number of fused-ring (bicyclic) bond motifs is 1. The third-order valence-electron chi connectivity index (χ3n) is 4.21. The van der Waals surface area contributed by atoms with Gasteiger partial charge in [0.2, 0.25) is 11.8 Å². The number of hydrogen-bond acceptors (Lipinski definition) is 4. The zero-order valence-corrected chi connectivity index (χ0v) is 13.4. The molecule has 23 heavy (non-hydrogen) atoms. The standard InChI is InChI=1S/C16H18N2O4S/c19-14(17-7-3-4-11(17)8-16(21)22)9-18-12-5-1-2-6-13(12)23-10-15(18)20/h1-2,5-6,11H,3-4,7-10H2,(H,21,22). The van der Waals surface area contributed by atoms with Gasteiger partial charge in [0, 0.05) is 17.5 Å². The van der Waals surface area contributed by atoms with Crippen LogP contribution in [-0.2, 0) is 14.4 Å². The number of likely N-dealkylation sites (tertiary alicyclic amines) is 1. The molecule has 2 heterocycles. The first-order valence-corrected chi connectivity index (χ1v) is 8.58. The predicted octanol–water partition coefficient (Wildman–Crippen LogP) is 1.59. The fraction of sp³-hybridized carbons (Fsp3) is 0.438. The smallest absolute Gasteiger partial charge is 0.305 e. The van der Waals surface area contributed by atoms with Crippen molar-refractivity contribution in [2.75, 3.05) is 23.7 Å². The number of carbonyl (C=O) groups is 3. The molecule has 0 aromatic heterocycles. The largest absolute Gasteiger partial charge is 0.481 e. The summed E-state index contributed by atoms with van der Waals surface area (Å²) >= 11 is 1.48. The van der Waals surface area contributed by atoms with Gasteiger partial charge in [0.25, 0.3) is 0 Å². The molecule has 3 rings (SSSR count). The lowest BCUT2D eigenvalue weighted by Gasteiger charge is -2.31. The van der Waals surface area contributed by atoms with Crippen LogP contribution in [0.15, 0.2) is 29.2 Å². The lowest BCUT2D eigenvalue weighted by Crippen LogP contribution is -2.46. The lowest BCUT2D eigenvalue weighted by atomic mass is 10.1. The van der Waals surface area contributed by atoms with Gasteiger partial charge in [-0.2, -0.15) is 0 Å². The second kappa shape index (κ2) is 6.62. The highest BCUT2D eigenvalue weighted by atomic mass is 32.2. The van der Waals surface area contributed by atoms with Crippen LogP contribution in [0.5, 0.6) is 0 Å². The van der Waals surface area contributed by atoms with Crippen LogP contribution in [0, 0.1) is 0 Å². The van der Waals surface area contributed by atoms with E-state index in [9.17, 15) is 14.4 Å². The van der Waals surface area contributed by atoms with E-state index in [1.165, 1.54) is 16.7 Å². The van der Waals surface area contributed by atoms with E-state index in [1.54, 1.807) is 4.90 Å². The molecule has 2 aliphatic heterocycles. The van der Waals surface area contributed by atoms with Crippen molar-refractivity contribution in [3.8, 4) is 0 Å². The average molecular weight is 334 g/mol. The SMILES string of the molecule is O=C(O)CC1CCCN1C(=O)CN1C(=O)CSc2ccccc21. The zero-order valence-electron chi connectivity index (χ0n) is 12.6. The van der Waals surface area contributed by atoms with Gasteiger partial charge in [-0.15, -0.1) is 11.8 Å². The van der Waals surface area contributed by atoms with Crippen molar-refractivity contribution in [1.29, 1.82) is 0 Å². The van der Waals surface area contributed by atoms with E-state index in [1.807, 2.05) is 24.3 Å². The summed E-state index contributed by atoms with van der Waals surface area (Å²) in [5.74, 6) is -0.839. The van der Waals surface area contributed by atoms with E-state index in [4.69, 9.17) is 5.11 Å². The van der Waals surface area contributed by atoms with Crippen molar-refractivity contribution in [2.45, 2.75) is 30.2 Å². The average Bonchev–Trinajstić information content (AvgIpc) is 2.97. The van der Waals surface area contributed by atoms with Crippen LogP contribution in [0.25, 0.3) is 0 Å². The highest BCUT2D eigenvalue weighted by molar-refractivity contribution is 8.00. The summed E-state index contributed by atoms with van der Waals surface area (Å²) in [7, 11) is 0. The van der Waals surface area contributed by atoms with Gasteiger partial charge in [0.05, 0.1) is 17.9 Å². The van der Waals surface area contributed by atoms with Gasteiger partial charge in [-0.1, -0.05) is 12.1 Å². The molecule has 0 radical (unpaired) electrons. The minimum absolute atomic E-state index is 0.0213. The number of carbonyl (C=O) groups excluding carboxylic acids is 2. The molecule has 2 aliphatic rings. The Morgan fingerprint density at radius 3 is 2.87 bits per heavy atom. The van der Waals surface area contributed by atoms with Crippen LogP contribution < -0.4 is 4.90 Å². The quantitative estimate of drug-likeness (QED) is 0.905. The van der Waals surface area contributed by atoms with Crippen molar-refractivity contribution in [3.05, 3.63) is 24.3 Å². The molecule has 7 heteroatoms. The van der Waals surface area contributed by atoms with Gasteiger partial charge in [0.15, 0.2) is 0 Å². The molecule has 1 saturated heterocycles. The first kappa shape index (κ1) is 15.9. The zero-order chi connectivity index (χ0) is 16.4. The van der Waals surface area contributed by atoms with Gasteiger partial charge >= 0.3 is 5.97 Å². The Balaban J connectivity index is 1.75. The first-order chi connectivity index (χ1) is 11.1. The monoisotopic (exact) mass is 334 g/mol. The predicted molar refractivity (Wildman–Crippen MR) is 86.5 cm³/mol. The maximum Gasteiger partial charge on any atom is 0.305 e. The summed E-state index contributed by atoms with van der Waals surface area (Å²) in [6, 6.07) is 7.27. The lowest BCUT2D eigenvalue weighted by molar-refractivity contribution is -0.139. The highest BCUT2D eigenvalue weighted by Crippen LogP contribution is 2.35. The fourth-order valence-electron chi connectivity index (χ4n) is 3.13. The Labute approximate surface area is 138 Å². The van der Waals surface area contributed by atoms with Gasteiger partial charge < -0.3 is 14.9 Å². The number of hydrogen-bond donors (Lipinski definition) is 1. The van der Waals surface area contributed by atoms with Crippen LogP contribution in [0.2, 0.25) is 0 Å². The molecule has 0 saturated carbocycles. The Kier molecular flexibility index (Phi) is 4.56. The molecule has 122 valence electrons. The Hall–Kier alpha value is -2.02. The second-order valence-electron chi connectivity index (χ2n) is 5.72. The number of anilines is 1. The molecular formula is C16H18N2O4S. The van der Waals surface area contributed by atoms with Crippen LogP contribution >= 0.6 is 11.8 Å². The van der Waals surface area contributed by atoms with E-state index in [-0.39, 0.29) is 30.8 Å². The molecule has 0 spiro atoms. The van der Waals surface area contributed by atoms with E-state index in [0.29, 0.717) is 18.7 Å². The van der Waals surface area contributed by atoms with Crippen LogP contribution in [-0.4, -0.2) is 52.7 Å². The maximum atomic E-state index is 12.6. The molecule has 1 atom stereocenters. The number of nitrogens with zero attached hydrogens (tertiary/aromatic N) is 2. The molecule has 0 bridgehead atoms. The summed E-state index contributed by atoms with van der Waals surface area (Å²) < 4.78 is 0. The van der Waals surface area contributed by atoms with Crippen LogP contribution in [0.1, 0.15) is 19.3 Å². The molecule has 0 aliphatic carbocycles. The summed E-state index contributed by atoms with van der Waals surface area (Å²) in [5, 5.41) is 8.96. The summed E-state index contributed by atoms with van der Waals surface area (Å²) in [6.45, 7) is 0.543. The minimum Gasteiger partial charge on any atom is -0.481 e. The number of carboxylic acids is 1. The second-order valence-corrected chi connectivity index (χ2v) is 6.73. The highest BCUT2D eigenvalue weighted by Gasteiger charge is 2.33. The molecule has 1 aromatic carbocycles. The number of carboxylic acid groups (broad SMARTS) is 1. The molecule has 1 N–H and O–H groups in total. The molecule has 1 aromatic rings. The number of para-hydroxylation sites is 1. The minimum atomic E-state index is -0.898. The maximum absolute atomic E-state index is 12.6. The van der Waals surface area contributed by atoms with Gasteiger partial charge in [-0.25, -0.2) is 0 Å². The summed E-state index contributed by atoms with van der Waals surface area (Å²) in [4.78, 5) is 39.8. The van der Waals surface area contributed by atoms with Crippen molar-refractivity contribution >= 4 is 35.2 Å². The topological polar surface area (TPSA) is 77.9 Å². The number of amides is 2. The van der Waals surface area contributed by atoms with Crippen molar-refractivity contribution < 1.29 is 19.5 Å². The van der Waals surface area contributed by atoms with E-state index in [2.05, 4.69) is 0 Å². The molecule has 1 unspecified atom stereocenters. The third-order valence-corrected chi connectivity index (χ3v) is 5.26. The summed E-state index contributed by atoms with van der Waals surface area (Å²) in [5.41, 5.74) is 0.760. The number of thioether (sulfide) groups is 1. The number of rotatable bonds is 4. The van der Waals surface area contributed by atoms with Crippen molar-refractivity contribution in [3.63, 3.8) is 0 Å². The van der Waals surface area contributed by atoms with Gasteiger partial charge in [-0.05, 0) is 25.0 Å². The Morgan fingerprint density at radius 1 is 1.30 bits per heavy atom. The van der Waals surface area contributed by atoms with E-state index >= 15 is 0 Å². The summed E-state index contributed by atoms with van der Waals surface area (Å²) in [6.07, 6.45) is 1.48. The molecule has 2 amide bonds. The molecular weight excluding hydrogens is 316 g/mol. The van der Waals surface area contributed by atoms with Gasteiger partial charge in [0.1, 0.15) is 6.54 Å². The number of aliphatic carboxylic acids is 1. The normalized spacial score (nSPS) is 20.5.